The van der Waals surface area contributed by atoms with Gasteiger partial charge in [-0.1, -0.05) is 18.2 Å². The smallest absolute Gasteiger partial charge is 0.223 e. The second kappa shape index (κ2) is 3.82. The molecule has 0 amide bonds. The van der Waals surface area contributed by atoms with Gasteiger partial charge in [0.2, 0.25) is 5.28 Å². The lowest BCUT2D eigenvalue weighted by Gasteiger charge is -1.97. The number of rotatable bonds is 1. The SMILES string of the molecule is Fc1cnc(Cl)nc1-c1cc2ccccc2o1. The van der Waals surface area contributed by atoms with Crippen LogP contribution < -0.4 is 0 Å². The highest BCUT2D eigenvalue weighted by Gasteiger charge is 2.13. The summed E-state index contributed by atoms with van der Waals surface area (Å²) in [6.07, 6.45) is 1.03. The van der Waals surface area contributed by atoms with Crippen molar-refractivity contribution in [1.82, 2.24) is 9.97 Å². The van der Waals surface area contributed by atoms with Gasteiger partial charge in [0.1, 0.15) is 11.3 Å². The summed E-state index contributed by atoms with van der Waals surface area (Å²) in [6, 6.07) is 9.13. The van der Waals surface area contributed by atoms with E-state index in [1.165, 1.54) is 0 Å². The van der Waals surface area contributed by atoms with Crippen LogP contribution in [0.5, 0.6) is 0 Å². The summed E-state index contributed by atoms with van der Waals surface area (Å²) >= 11 is 5.63. The van der Waals surface area contributed by atoms with Crippen LogP contribution in [0.3, 0.4) is 0 Å². The maximum Gasteiger partial charge on any atom is 0.223 e. The Bertz CT molecular complexity index is 663. The molecular formula is C12H6ClFN2O. The quantitative estimate of drug-likeness (QED) is 0.617. The van der Waals surface area contributed by atoms with Crippen molar-refractivity contribution in [3.63, 3.8) is 0 Å². The van der Waals surface area contributed by atoms with Gasteiger partial charge in [0.15, 0.2) is 11.6 Å². The molecule has 0 aliphatic rings. The fourth-order valence-electron chi connectivity index (χ4n) is 1.62. The van der Waals surface area contributed by atoms with E-state index in [1.807, 2.05) is 18.2 Å². The monoisotopic (exact) mass is 248 g/mol. The van der Waals surface area contributed by atoms with E-state index < -0.39 is 5.82 Å². The van der Waals surface area contributed by atoms with Crippen LogP contribution in [0, 0.1) is 5.82 Å². The van der Waals surface area contributed by atoms with Gasteiger partial charge in [0.05, 0.1) is 6.20 Å². The van der Waals surface area contributed by atoms with E-state index in [9.17, 15) is 4.39 Å². The normalized spacial score (nSPS) is 10.9. The molecule has 0 atom stereocenters. The van der Waals surface area contributed by atoms with E-state index in [0.29, 0.717) is 11.3 Å². The first kappa shape index (κ1) is 10.2. The first-order chi connectivity index (χ1) is 8.24. The highest BCUT2D eigenvalue weighted by molar-refractivity contribution is 6.28. The van der Waals surface area contributed by atoms with Gasteiger partial charge in [-0.2, -0.15) is 0 Å². The Morgan fingerprint density at radius 2 is 2.06 bits per heavy atom. The number of hydrogen-bond acceptors (Lipinski definition) is 3. The van der Waals surface area contributed by atoms with Crippen LogP contribution in [0.1, 0.15) is 0 Å². The number of fused-ring (bicyclic) bond motifs is 1. The zero-order valence-corrected chi connectivity index (χ0v) is 9.28. The third kappa shape index (κ3) is 1.76. The van der Waals surface area contributed by atoms with Crippen molar-refractivity contribution < 1.29 is 8.81 Å². The first-order valence-corrected chi connectivity index (χ1v) is 5.29. The van der Waals surface area contributed by atoms with E-state index >= 15 is 0 Å². The predicted molar refractivity (Wildman–Crippen MR) is 62.2 cm³/mol. The van der Waals surface area contributed by atoms with Crippen LogP contribution >= 0.6 is 11.6 Å². The van der Waals surface area contributed by atoms with Crippen molar-refractivity contribution in [2.24, 2.45) is 0 Å². The van der Waals surface area contributed by atoms with E-state index in [1.54, 1.807) is 12.1 Å². The first-order valence-electron chi connectivity index (χ1n) is 4.91. The van der Waals surface area contributed by atoms with Crippen LogP contribution in [0.4, 0.5) is 4.39 Å². The summed E-state index contributed by atoms with van der Waals surface area (Å²) in [7, 11) is 0. The molecule has 84 valence electrons. The maximum absolute atomic E-state index is 13.5. The van der Waals surface area contributed by atoms with Gasteiger partial charge < -0.3 is 4.42 Å². The molecule has 0 saturated heterocycles. The molecule has 0 aliphatic carbocycles. The molecule has 5 heteroatoms. The molecule has 0 saturated carbocycles. The molecule has 0 bridgehead atoms. The van der Waals surface area contributed by atoms with Gasteiger partial charge in [-0.3, -0.25) is 0 Å². The van der Waals surface area contributed by atoms with Crippen molar-refractivity contribution >= 4 is 22.6 Å². The number of aromatic nitrogens is 2. The topological polar surface area (TPSA) is 38.9 Å². The van der Waals surface area contributed by atoms with Crippen molar-refractivity contribution in [2.75, 3.05) is 0 Å². The lowest BCUT2D eigenvalue weighted by Crippen LogP contribution is -1.90. The summed E-state index contributed by atoms with van der Waals surface area (Å²) in [4.78, 5) is 7.38. The number of para-hydroxylation sites is 1. The molecule has 3 nitrogen and oxygen atoms in total. The Hall–Kier alpha value is -1.94. The third-order valence-corrected chi connectivity index (χ3v) is 2.56. The molecule has 3 rings (SSSR count). The van der Waals surface area contributed by atoms with Gasteiger partial charge in [-0.05, 0) is 23.7 Å². The van der Waals surface area contributed by atoms with Crippen molar-refractivity contribution in [3.8, 4) is 11.5 Å². The second-order valence-electron chi connectivity index (χ2n) is 3.48. The minimum Gasteiger partial charge on any atom is -0.454 e. The summed E-state index contributed by atoms with van der Waals surface area (Å²) in [5, 5.41) is 0.874. The lowest BCUT2D eigenvalue weighted by molar-refractivity contribution is 0.589. The van der Waals surface area contributed by atoms with E-state index in [2.05, 4.69) is 9.97 Å². The highest BCUT2D eigenvalue weighted by Crippen LogP contribution is 2.28. The number of nitrogens with zero attached hydrogens (tertiary/aromatic N) is 2. The zero-order valence-electron chi connectivity index (χ0n) is 8.52. The Labute approximate surface area is 101 Å². The average molecular weight is 249 g/mol. The second-order valence-corrected chi connectivity index (χ2v) is 3.82. The molecule has 0 fully saturated rings. The van der Waals surface area contributed by atoms with Gasteiger partial charge in [-0.25, -0.2) is 14.4 Å². The Morgan fingerprint density at radius 1 is 1.24 bits per heavy atom. The van der Waals surface area contributed by atoms with Gasteiger partial charge >= 0.3 is 0 Å². The average Bonchev–Trinajstić information content (AvgIpc) is 2.75. The molecule has 0 N–H and O–H groups in total. The van der Waals surface area contributed by atoms with Crippen molar-refractivity contribution in [2.45, 2.75) is 0 Å². The molecule has 2 aromatic heterocycles. The molecule has 0 radical (unpaired) electrons. The van der Waals surface area contributed by atoms with Gasteiger partial charge in [0.25, 0.3) is 0 Å². The number of halogens is 2. The Kier molecular flexibility index (Phi) is 2.30. The summed E-state index contributed by atoms with van der Waals surface area (Å²) in [6.45, 7) is 0. The molecule has 0 spiro atoms. The minimum absolute atomic E-state index is 0.0122. The molecule has 17 heavy (non-hydrogen) atoms. The minimum atomic E-state index is -0.562. The summed E-state index contributed by atoms with van der Waals surface area (Å²) in [5.74, 6) is -0.221. The number of benzene rings is 1. The largest absolute Gasteiger partial charge is 0.454 e. The Balaban J connectivity index is 2.23. The highest BCUT2D eigenvalue weighted by atomic mass is 35.5. The van der Waals surface area contributed by atoms with Crippen LogP contribution in [0.15, 0.2) is 40.9 Å². The zero-order chi connectivity index (χ0) is 11.8. The van der Waals surface area contributed by atoms with E-state index in [0.717, 1.165) is 11.6 Å². The summed E-state index contributed by atoms with van der Waals surface area (Å²) < 4.78 is 19.0. The van der Waals surface area contributed by atoms with Gasteiger partial charge in [0, 0.05) is 5.39 Å². The number of hydrogen-bond donors (Lipinski definition) is 0. The Morgan fingerprint density at radius 3 is 2.88 bits per heavy atom. The molecule has 1 aromatic carbocycles. The molecular weight excluding hydrogens is 243 g/mol. The van der Waals surface area contributed by atoms with Crippen LogP contribution in [0.2, 0.25) is 5.28 Å². The van der Waals surface area contributed by atoms with Crippen LogP contribution in [-0.4, -0.2) is 9.97 Å². The maximum atomic E-state index is 13.5. The molecule has 2 heterocycles. The van der Waals surface area contributed by atoms with Crippen molar-refractivity contribution in [3.05, 3.63) is 47.6 Å². The standard InChI is InChI=1S/C12H6ClFN2O/c13-12-15-6-8(14)11(16-12)10-5-7-3-1-2-4-9(7)17-10/h1-6H. The molecule has 0 unspecified atom stereocenters. The van der Waals surface area contributed by atoms with Gasteiger partial charge in [-0.15, -0.1) is 0 Å². The molecule has 0 aliphatic heterocycles. The third-order valence-electron chi connectivity index (χ3n) is 2.37. The van der Waals surface area contributed by atoms with Crippen molar-refractivity contribution in [1.29, 1.82) is 0 Å². The predicted octanol–water partition coefficient (Wildman–Crippen LogP) is 3.68. The summed E-state index contributed by atoms with van der Waals surface area (Å²) in [5.41, 5.74) is 0.748. The van der Waals surface area contributed by atoms with Crippen LogP contribution in [-0.2, 0) is 0 Å². The fraction of sp³-hybridized carbons (Fsp3) is 0. The lowest BCUT2D eigenvalue weighted by atomic mass is 10.2. The molecule has 3 aromatic rings. The van der Waals surface area contributed by atoms with E-state index in [4.69, 9.17) is 16.0 Å². The number of furan rings is 1. The van der Waals surface area contributed by atoms with E-state index in [-0.39, 0.29) is 11.0 Å². The van der Waals surface area contributed by atoms with Crippen LogP contribution in [0.25, 0.3) is 22.4 Å². The fourth-order valence-corrected chi connectivity index (χ4v) is 1.75.